The topological polar surface area (TPSA) is 68.1 Å². The van der Waals surface area contributed by atoms with Crippen LogP contribution in [0.1, 0.15) is 22.9 Å². The van der Waals surface area contributed by atoms with E-state index in [9.17, 15) is 10.1 Å². The van der Waals surface area contributed by atoms with Crippen LogP contribution in [0.3, 0.4) is 0 Å². The minimum Gasteiger partial charge on any atom is -0.376 e. The summed E-state index contributed by atoms with van der Waals surface area (Å²) in [7, 11) is 0. The van der Waals surface area contributed by atoms with Crippen LogP contribution in [0.2, 0.25) is 0 Å². The van der Waals surface area contributed by atoms with Gasteiger partial charge in [0.2, 0.25) is 0 Å². The molecule has 0 fully saturated rings. The maximum atomic E-state index is 10.8. The fraction of sp³-hybridized carbons (Fsp3) is 0.250. The van der Waals surface area contributed by atoms with Crippen molar-refractivity contribution in [3.05, 3.63) is 48.0 Å². The van der Waals surface area contributed by atoms with Gasteiger partial charge in [0.05, 0.1) is 14.5 Å². The Morgan fingerprint density at radius 3 is 2.79 bits per heavy atom. The van der Waals surface area contributed by atoms with Crippen molar-refractivity contribution in [3.8, 4) is 0 Å². The zero-order valence-electron chi connectivity index (χ0n) is 10.4. The molecule has 1 N–H and O–H groups in total. The Morgan fingerprint density at radius 1 is 1.53 bits per heavy atom. The third-order valence-corrected chi connectivity index (χ3v) is 4.50. The number of hydrogen-bond donors (Lipinski definition) is 1. The molecule has 100 valence electrons. The number of anilines is 1. The van der Waals surface area contributed by atoms with Gasteiger partial charge in [0.25, 0.3) is 5.69 Å². The second-order valence-corrected chi connectivity index (χ2v) is 6.53. The van der Waals surface area contributed by atoms with Crippen molar-refractivity contribution in [2.75, 3.05) is 5.32 Å². The fourth-order valence-electron chi connectivity index (χ4n) is 1.63. The molecule has 2 aromatic rings. The highest BCUT2D eigenvalue weighted by Gasteiger charge is 2.14. The van der Waals surface area contributed by atoms with Gasteiger partial charge in [-0.05, 0) is 48.6 Å². The Hall–Kier alpha value is -1.22. The first-order chi connectivity index (χ1) is 8.97. The fourth-order valence-corrected chi connectivity index (χ4v) is 3.12. The van der Waals surface area contributed by atoms with Crippen molar-refractivity contribution in [2.24, 2.45) is 0 Å². The lowest BCUT2D eigenvalue weighted by Crippen LogP contribution is -2.06. The predicted octanol–water partition coefficient (Wildman–Crippen LogP) is 4.14. The van der Waals surface area contributed by atoms with Crippen LogP contribution in [0.15, 0.2) is 24.4 Å². The zero-order valence-corrected chi connectivity index (χ0v) is 13.4. The van der Waals surface area contributed by atoms with E-state index < -0.39 is 0 Å². The van der Waals surface area contributed by atoms with E-state index in [0.29, 0.717) is 3.57 Å². The van der Waals surface area contributed by atoms with Gasteiger partial charge in [-0.15, -0.1) is 11.3 Å². The molecule has 2 rings (SSSR count). The molecule has 1 aromatic heterocycles. The molecule has 1 unspecified atom stereocenters. The van der Waals surface area contributed by atoms with E-state index in [1.165, 1.54) is 10.9 Å². The van der Waals surface area contributed by atoms with Crippen molar-refractivity contribution in [1.82, 2.24) is 4.98 Å². The normalized spacial score (nSPS) is 12.2. The van der Waals surface area contributed by atoms with Crippen molar-refractivity contribution in [3.63, 3.8) is 0 Å². The predicted molar refractivity (Wildman–Crippen MR) is 84.7 cm³/mol. The Kier molecular flexibility index (Phi) is 4.35. The lowest BCUT2D eigenvalue weighted by atomic mass is 10.2. The molecule has 1 atom stereocenters. The van der Waals surface area contributed by atoms with E-state index in [-0.39, 0.29) is 16.7 Å². The number of nitrogens with one attached hydrogen (secondary N) is 1. The van der Waals surface area contributed by atoms with Gasteiger partial charge in [0, 0.05) is 22.8 Å². The Morgan fingerprint density at radius 2 is 2.26 bits per heavy atom. The summed E-state index contributed by atoms with van der Waals surface area (Å²) in [4.78, 5) is 15.9. The molecule has 0 aliphatic heterocycles. The lowest BCUT2D eigenvalue weighted by Gasteiger charge is -2.12. The molecule has 0 saturated heterocycles. The summed E-state index contributed by atoms with van der Waals surface area (Å²) in [5.74, 6) is 0. The van der Waals surface area contributed by atoms with E-state index in [1.807, 2.05) is 42.6 Å². The smallest absolute Gasteiger partial charge is 0.282 e. The molecule has 0 radical (unpaired) electrons. The van der Waals surface area contributed by atoms with Gasteiger partial charge in [0.1, 0.15) is 5.01 Å². The number of hydrogen-bond acceptors (Lipinski definition) is 5. The van der Waals surface area contributed by atoms with Crippen molar-refractivity contribution >= 4 is 45.3 Å². The maximum Gasteiger partial charge on any atom is 0.282 e. The number of nitrogens with zero attached hydrogens (tertiary/aromatic N) is 2. The first-order valence-electron chi connectivity index (χ1n) is 5.60. The standard InChI is InChI=1S/C12H12IN3O2S/c1-7-6-14-12(19-7)8(2)15-9-3-4-11(16(17)18)10(13)5-9/h3-6,8,15H,1-2H3. The third kappa shape index (κ3) is 3.41. The summed E-state index contributed by atoms with van der Waals surface area (Å²) in [6, 6.07) is 5.09. The van der Waals surface area contributed by atoms with Gasteiger partial charge in [-0.3, -0.25) is 10.1 Å². The van der Waals surface area contributed by atoms with Crippen LogP contribution in [0.4, 0.5) is 11.4 Å². The van der Waals surface area contributed by atoms with Gasteiger partial charge in [0.15, 0.2) is 0 Å². The summed E-state index contributed by atoms with van der Waals surface area (Å²) in [5.41, 5.74) is 0.985. The highest BCUT2D eigenvalue weighted by atomic mass is 127. The van der Waals surface area contributed by atoms with Gasteiger partial charge >= 0.3 is 0 Å². The van der Waals surface area contributed by atoms with E-state index in [1.54, 1.807) is 23.5 Å². The number of aryl methyl sites for hydroxylation is 1. The van der Waals surface area contributed by atoms with Crippen molar-refractivity contribution in [2.45, 2.75) is 19.9 Å². The van der Waals surface area contributed by atoms with E-state index in [4.69, 9.17) is 0 Å². The molecular formula is C12H12IN3O2S. The number of aromatic nitrogens is 1. The van der Waals surface area contributed by atoms with Crippen LogP contribution in [0.5, 0.6) is 0 Å². The lowest BCUT2D eigenvalue weighted by molar-refractivity contribution is -0.385. The number of nitro benzene ring substituents is 1. The van der Waals surface area contributed by atoms with Crippen LogP contribution in [0, 0.1) is 20.6 Å². The number of rotatable bonds is 4. The third-order valence-electron chi connectivity index (χ3n) is 2.54. The highest BCUT2D eigenvalue weighted by molar-refractivity contribution is 14.1. The highest BCUT2D eigenvalue weighted by Crippen LogP contribution is 2.27. The minimum absolute atomic E-state index is 0.0796. The molecule has 0 saturated carbocycles. The van der Waals surface area contributed by atoms with Gasteiger partial charge in [-0.1, -0.05) is 0 Å². The van der Waals surface area contributed by atoms with Crippen LogP contribution in [0.25, 0.3) is 0 Å². The zero-order chi connectivity index (χ0) is 14.0. The summed E-state index contributed by atoms with van der Waals surface area (Å²) in [6.45, 7) is 4.04. The largest absolute Gasteiger partial charge is 0.376 e. The minimum atomic E-state index is -0.376. The monoisotopic (exact) mass is 389 g/mol. The van der Waals surface area contributed by atoms with Gasteiger partial charge in [-0.25, -0.2) is 4.98 Å². The Labute approximate surface area is 128 Å². The van der Waals surface area contributed by atoms with E-state index in [0.717, 1.165) is 10.7 Å². The summed E-state index contributed by atoms with van der Waals surface area (Å²) in [6.07, 6.45) is 1.85. The van der Waals surface area contributed by atoms with Crippen LogP contribution < -0.4 is 5.32 Å². The SMILES string of the molecule is Cc1cnc(C(C)Nc2ccc([N+](=O)[O-])c(I)c2)s1. The molecule has 0 spiro atoms. The number of benzene rings is 1. The average molecular weight is 389 g/mol. The van der Waals surface area contributed by atoms with Gasteiger partial charge in [-0.2, -0.15) is 0 Å². The average Bonchev–Trinajstić information content (AvgIpc) is 2.75. The second kappa shape index (κ2) is 5.83. The first kappa shape index (κ1) is 14.2. The summed E-state index contributed by atoms with van der Waals surface area (Å²) in [5, 5.41) is 15.1. The molecule has 0 aliphatic rings. The molecule has 0 amide bonds. The number of thiazole rings is 1. The van der Waals surface area contributed by atoms with E-state index >= 15 is 0 Å². The van der Waals surface area contributed by atoms with Gasteiger partial charge < -0.3 is 5.32 Å². The molecule has 1 aromatic carbocycles. The van der Waals surface area contributed by atoms with Crippen LogP contribution in [-0.4, -0.2) is 9.91 Å². The molecule has 0 bridgehead atoms. The number of halogens is 1. The number of nitro groups is 1. The Balaban J connectivity index is 2.15. The van der Waals surface area contributed by atoms with Crippen molar-refractivity contribution in [1.29, 1.82) is 0 Å². The van der Waals surface area contributed by atoms with Crippen LogP contribution >= 0.6 is 33.9 Å². The summed E-state index contributed by atoms with van der Waals surface area (Å²) < 4.78 is 0.620. The molecule has 5 nitrogen and oxygen atoms in total. The quantitative estimate of drug-likeness (QED) is 0.485. The first-order valence-corrected chi connectivity index (χ1v) is 7.49. The molecule has 1 heterocycles. The molecule has 0 aliphatic carbocycles. The molecular weight excluding hydrogens is 377 g/mol. The molecule has 19 heavy (non-hydrogen) atoms. The summed E-state index contributed by atoms with van der Waals surface area (Å²) >= 11 is 3.62. The second-order valence-electron chi connectivity index (χ2n) is 4.10. The van der Waals surface area contributed by atoms with Crippen LogP contribution in [-0.2, 0) is 0 Å². The van der Waals surface area contributed by atoms with Crippen molar-refractivity contribution < 1.29 is 4.92 Å². The molecule has 7 heteroatoms. The Bertz CT molecular complexity index is 615. The van der Waals surface area contributed by atoms with E-state index in [2.05, 4.69) is 10.3 Å². The maximum absolute atomic E-state index is 10.8.